The van der Waals surface area contributed by atoms with E-state index in [2.05, 4.69) is 15.3 Å². The second kappa shape index (κ2) is 6.09. The minimum absolute atomic E-state index is 0.0359. The first-order chi connectivity index (χ1) is 10.7. The topological polar surface area (TPSA) is 88.0 Å². The highest BCUT2D eigenvalue weighted by atomic mass is 16.3. The summed E-state index contributed by atoms with van der Waals surface area (Å²) in [6.45, 7) is 0.214. The molecular formula is C16H13N3O3. The zero-order chi connectivity index (χ0) is 15.4. The monoisotopic (exact) mass is 295 g/mol. The maximum Gasteiger partial charge on any atom is 0.264 e. The van der Waals surface area contributed by atoms with E-state index in [-0.39, 0.29) is 12.1 Å². The van der Waals surface area contributed by atoms with Crippen LogP contribution in [0, 0.1) is 0 Å². The Labute approximate surface area is 125 Å². The number of nitrogens with zero attached hydrogens (tertiary/aromatic N) is 1. The predicted octanol–water partition coefficient (Wildman–Crippen LogP) is 1.96. The summed E-state index contributed by atoms with van der Waals surface area (Å²) in [5.41, 5.74) is 0.263. The number of hydrogen-bond donors (Lipinski definition) is 2. The number of furan rings is 1. The molecule has 2 heterocycles. The molecule has 6 heteroatoms. The summed E-state index contributed by atoms with van der Waals surface area (Å²) in [5.74, 6) is 0.539. The third-order valence-corrected chi connectivity index (χ3v) is 3.09. The van der Waals surface area contributed by atoms with Crippen molar-refractivity contribution in [2.75, 3.05) is 0 Å². The molecule has 3 aromatic rings. The molecule has 0 fully saturated rings. The van der Waals surface area contributed by atoms with E-state index < -0.39 is 11.5 Å². The molecule has 0 aliphatic heterocycles. The van der Waals surface area contributed by atoms with E-state index in [9.17, 15) is 9.59 Å². The van der Waals surface area contributed by atoms with Crippen LogP contribution in [0.4, 0.5) is 0 Å². The number of nitrogens with one attached hydrogen (secondary N) is 2. The van der Waals surface area contributed by atoms with Crippen LogP contribution in [0.15, 0.2) is 64.1 Å². The molecule has 0 atom stereocenters. The molecule has 0 aliphatic carbocycles. The number of aromatic amines is 1. The summed E-state index contributed by atoms with van der Waals surface area (Å²) in [7, 11) is 0. The first-order valence-corrected chi connectivity index (χ1v) is 6.69. The van der Waals surface area contributed by atoms with E-state index in [1.807, 2.05) is 30.3 Å². The van der Waals surface area contributed by atoms with Crippen LogP contribution < -0.4 is 10.9 Å². The highest BCUT2D eigenvalue weighted by Crippen LogP contribution is 2.11. The van der Waals surface area contributed by atoms with Crippen LogP contribution in [0.3, 0.4) is 0 Å². The van der Waals surface area contributed by atoms with Crippen LogP contribution in [-0.4, -0.2) is 15.9 Å². The van der Waals surface area contributed by atoms with Crippen LogP contribution >= 0.6 is 0 Å². The van der Waals surface area contributed by atoms with Gasteiger partial charge in [0.05, 0.1) is 12.8 Å². The number of benzene rings is 1. The van der Waals surface area contributed by atoms with Crippen molar-refractivity contribution < 1.29 is 9.21 Å². The Morgan fingerprint density at radius 1 is 1.18 bits per heavy atom. The standard InChI is InChI=1S/C16H13N3O3/c20-15(18-9-12-7-4-8-22-12)13-10-17-14(19-16(13)21)11-5-2-1-3-6-11/h1-8,10H,9H2,(H,18,20)(H,17,19,21). The van der Waals surface area contributed by atoms with Crippen molar-refractivity contribution in [1.82, 2.24) is 15.3 Å². The molecule has 1 aromatic carbocycles. The van der Waals surface area contributed by atoms with Crippen LogP contribution in [0.2, 0.25) is 0 Å². The van der Waals surface area contributed by atoms with Gasteiger partial charge in [0.1, 0.15) is 17.1 Å². The van der Waals surface area contributed by atoms with Gasteiger partial charge in [0.15, 0.2) is 0 Å². The number of hydrogen-bond acceptors (Lipinski definition) is 4. The molecule has 2 N–H and O–H groups in total. The van der Waals surface area contributed by atoms with Gasteiger partial charge in [-0.15, -0.1) is 0 Å². The molecule has 0 saturated carbocycles. The molecule has 3 rings (SSSR count). The summed E-state index contributed by atoms with van der Waals surface area (Å²) in [6.07, 6.45) is 2.79. The van der Waals surface area contributed by atoms with Crippen molar-refractivity contribution >= 4 is 5.91 Å². The first-order valence-electron chi connectivity index (χ1n) is 6.69. The zero-order valence-electron chi connectivity index (χ0n) is 11.6. The average Bonchev–Trinajstić information content (AvgIpc) is 3.07. The van der Waals surface area contributed by atoms with E-state index >= 15 is 0 Å². The highest BCUT2D eigenvalue weighted by molar-refractivity contribution is 5.93. The zero-order valence-corrected chi connectivity index (χ0v) is 11.6. The predicted molar refractivity (Wildman–Crippen MR) is 80.2 cm³/mol. The Morgan fingerprint density at radius 2 is 2.00 bits per heavy atom. The van der Waals surface area contributed by atoms with Gasteiger partial charge in [0.25, 0.3) is 11.5 Å². The van der Waals surface area contributed by atoms with Gasteiger partial charge in [0, 0.05) is 11.8 Å². The lowest BCUT2D eigenvalue weighted by atomic mass is 10.2. The molecule has 0 unspecified atom stereocenters. The molecule has 0 radical (unpaired) electrons. The maximum absolute atomic E-state index is 12.0. The second-order valence-corrected chi connectivity index (χ2v) is 4.60. The largest absolute Gasteiger partial charge is 0.467 e. The van der Waals surface area contributed by atoms with Crippen molar-refractivity contribution in [1.29, 1.82) is 0 Å². The number of amides is 1. The smallest absolute Gasteiger partial charge is 0.264 e. The van der Waals surface area contributed by atoms with E-state index in [4.69, 9.17) is 4.42 Å². The molecule has 0 aliphatic rings. The molecular weight excluding hydrogens is 282 g/mol. The summed E-state index contributed by atoms with van der Waals surface area (Å²) in [4.78, 5) is 30.8. The molecule has 0 saturated heterocycles. The van der Waals surface area contributed by atoms with Crippen LogP contribution in [0.5, 0.6) is 0 Å². The third kappa shape index (κ3) is 2.95. The van der Waals surface area contributed by atoms with Crippen molar-refractivity contribution in [2.45, 2.75) is 6.54 Å². The SMILES string of the molecule is O=C(NCc1ccco1)c1cnc(-c2ccccc2)[nH]c1=O. The van der Waals surface area contributed by atoms with Crippen molar-refractivity contribution in [3.05, 3.63) is 76.6 Å². The van der Waals surface area contributed by atoms with Crippen LogP contribution in [-0.2, 0) is 6.54 Å². The average molecular weight is 295 g/mol. The Kier molecular flexibility index (Phi) is 3.82. The molecule has 22 heavy (non-hydrogen) atoms. The van der Waals surface area contributed by atoms with Gasteiger partial charge in [-0.2, -0.15) is 0 Å². The van der Waals surface area contributed by atoms with Gasteiger partial charge in [-0.1, -0.05) is 30.3 Å². The maximum atomic E-state index is 12.0. The molecule has 2 aromatic heterocycles. The molecule has 110 valence electrons. The first kappa shape index (κ1) is 13.8. The van der Waals surface area contributed by atoms with Gasteiger partial charge < -0.3 is 14.7 Å². The van der Waals surface area contributed by atoms with E-state index in [1.54, 1.807) is 12.1 Å². The van der Waals surface area contributed by atoms with Crippen molar-refractivity contribution in [3.63, 3.8) is 0 Å². The van der Waals surface area contributed by atoms with Gasteiger partial charge in [-0.25, -0.2) is 4.98 Å². The number of rotatable bonds is 4. The lowest BCUT2D eigenvalue weighted by molar-refractivity contribution is 0.0946. The minimum Gasteiger partial charge on any atom is -0.467 e. The van der Waals surface area contributed by atoms with Gasteiger partial charge in [-0.05, 0) is 12.1 Å². The Hall–Kier alpha value is -3.15. The fraction of sp³-hybridized carbons (Fsp3) is 0.0625. The second-order valence-electron chi connectivity index (χ2n) is 4.60. The molecule has 6 nitrogen and oxygen atoms in total. The highest BCUT2D eigenvalue weighted by Gasteiger charge is 2.12. The van der Waals surface area contributed by atoms with Gasteiger partial charge >= 0.3 is 0 Å². The normalized spacial score (nSPS) is 10.4. The third-order valence-electron chi connectivity index (χ3n) is 3.09. The van der Waals surface area contributed by atoms with Crippen LogP contribution in [0.25, 0.3) is 11.4 Å². The quantitative estimate of drug-likeness (QED) is 0.770. The van der Waals surface area contributed by atoms with Crippen molar-refractivity contribution in [3.8, 4) is 11.4 Å². The van der Waals surface area contributed by atoms with Crippen molar-refractivity contribution in [2.24, 2.45) is 0 Å². The Balaban J connectivity index is 1.77. The minimum atomic E-state index is -0.496. The summed E-state index contributed by atoms with van der Waals surface area (Å²) < 4.78 is 5.11. The van der Waals surface area contributed by atoms with Gasteiger partial charge in [-0.3, -0.25) is 9.59 Å². The lowest BCUT2D eigenvalue weighted by Crippen LogP contribution is -2.29. The number of H-pyrrole nitrogens is 1. The molecule has 0 bridgehead atoms. The van der Waals surface area contributed by atoms with E-state index in [0.29, 0.717) is 11.6 Å². The fourth-order valence-electron chi connectivity index (χ4n) is 1.98. The summed E-state index contributed by atoms with van der Waals surface area (Å²) in [6, 6.07) is 12.7. The lowest BCUT2D eigenvalue weighted by Gasteiger charge is -2.04. The van der Waals surface area contributed by atoms with E-state index in [0.717, 1.165) is 5.56 Å². The van der Waals surface area contributed by atoms with Crippen LogP contribution in [0.1, 0.15) is 16.1 Å². The number of aromatic nitrogens is 2. The van der Waals surface area contributed by atoms with Gasteiger partial charge in [0.2, 0.25) is 0 Å². The Morgan fingerprint density at radius 3 is 2.68 bits per heavy atom. The fourth-order valence-corrected chi connectivity index (χ4v) is 1.98. The van der Waals surface area contributed by atoms with E-state index in [1.165, 1.54) is 12.5 Å². The molecule has 0 spiro atoms. The Bertz CT molecular complexity index is 823. The summed E-state index contributed by atoms with van der Waals surface area (Å²) >= 11 is 0. The summed E-state index contributed by atoms with van der Waals surface area (Å²) in [5, 5.41) is 2.61. The molecule has 1 amide bonds. The number of carbonyl (C=O) groups is 1. The number of carbonyl (C=O) groups excluding carboxylic acids is 1.